The largest absolute Gasteiger partial charge is 0.487 e. The molecule has 2 aromatic carbocycles. The first-order valence-corrected chi connectivity index (χ1v) is 13.5. The van der Waals surface area contributed by atoms with Gasteiger partial charge in [-0.15, -0.1) is 0 Å². The van der Waals surface area contributed by atoms with Crippen LogP contribution in [0.2, 0.25) is 0 Å². The molecular formula is C33H48FNO2. The van der Waals surface area contributed by atoms with E-state index in [-0.39, 0.29) is 6.10 Å². The van der Waals surface area contributed by atoms with Crippen LogP contribution in [0.3, 0.4) is 0 Å². The molecule has 0 radical (unpaired) electrons. The molecule has 0 saturated carbocycles. The average Bonchev–Trinajstić information content (AvgIpc) is 2.93. The Kier molecular flexibility index (Phi) is 19.0. The van der Waals surface area contributed by atoms with E-state index in [4.69, 9.17) is 15.2 Å². The fourth-order valence-electron chi connectivity index (χ4n) is 3.45. The van der Waals surface area contributed by atoms with Crippen molar-refractivity contribution in [3.63, 3.8) is 0 Å². The summed E-state index contributed by atoms with van der Waals surface area (Å²) in [6, 6.07) is 15.6. The average molecular weight is 510 g/mol. The van der Waals surface area contributed by atoms with E-state index in [1.807, 2.05) is 64.1 Å². The van der Waals surface area contributed by atoms with Gasteiger partial charge in [-0.25, -0.2) is 4.39 Å². The minimum absolute atomic E-state index is 0.0425. The smallest absolute Gasteiger partial charge is 0.127 e. The maximum Gasteiger partial charge on any atom is 0.127 e. The van der Waals surface area contributed by atoms with Crippen molar-refractivity contribution in [1.29, 1.82) is 0 Å². The summed E-state index contributed by atoms with van der Waals surface area (Å²) in [5, 5.41) is 0. The molecule has 4 heteroatoms. The lowest BCUT2D eigenvalue weighted by Gasteiger charge is -2.18. The number of benzene rings is 2. The summed E-state index contributed by atoms with van der Waals surface area (Å²) < 4.78 is 24.3. The first-order valence-electron chi connectivity index (χ1n) is 13.5. The predicted molar refractivity (Wildman–Crippen MR) is 161 cm³/mol. The van der Waals surface area contributed by atoms with Gasteiger partial charge in [-0.05, 0) is 92.3 Å². The van der Waals surface area contributed by atoms with Crippen molar-refractivity contribution in [2.24, 2.45) is 0 Å². The third-order valence-corrected chi connectivity index (χ3v) is 5.35. The van der Waals surface area contributed by atoms with Crippen LogP contribution in [0, 0.1) is 0 Å². The second kappa shape index (κ2) is 20.9. The van der Waals surface area contributed by atoms with Gasteiger partial charge in [-0.3, -0.25) is 0 Å². The van der Waals surface area contributed by atoms with E-state index >= 15 is 0 Å². The summed E-state index contributed by atoms with van der Waals surface area (Å²) in [6.07, 6.45) is 10.7. The van der Waals surface area contributed by atoms with Crippen LogP contribution in [-0.2, 0) is 4.74 Å². The highest BCUT2D eigenvalue weighted by molar-refractivity contribution is 5.65. The molecule has 0 aliphatic heterocycles. The van der Waals surface area contributed by atoms with Gasteiger partial charge in [-0.1, -0.05) is 78.5 Å². The Balaban J connectivity index is 0.000000640. The zero-order valence-corrected chi connectivity index (χ0v) is 23.8. The first-order chi connectivity index (χ1) is 17.9. The number of nitrogens with two attached hydrogens (primary N) is 1. The third-order valence-electron chi connectivity index (χ3n) is 5.35. The van der Waals surface area contributed by atoms with E-state index in [9.17, 15) is 4.39 Å². The summed E-state index contributed by atoms with van der Waals surface area (Å²) in [4.78, 5) is 0. The summed E-state index contributed by atoms with van der Waals surface area (Å²) >= 11 is 0. The molecule has 0 spiro atoms. The van der Waals surface area contributed by atoms with Gasteiger partial charge in [-0.2, -0.15) is 0 Å². The first kappa shape index (κ1) is 33.7. The maximum atomic E-state index is 13.0. The molecule has 1 aliphatic rings. The maximum absolute atomic E-state index is 13.0. The highest BCUT2D eigenvalue weighted by atomic mass is 19.1. The Hall–Kier alpha value is -3.27. The summed E-state index contributed by atoms with van der Waals surface area (Å²) in [5.41, 5.74) is 8.97. The lowest BCUT2D eigenvalue weighted by molar-refractivity contribution is 0.150. The molecule has 2 aromatic rings. The second-order valence-corrected chi connectivity index (χ2v) is 7.88. The van der Waals surface area contributed by atoms with E-state index in [1.165, 1.54) is 11.1 Å². The fourth-order valence-corrected chi connectivity index (χ4v) is 3.45. The monoisotopic (exact) mass is 509 g/mol. The number of ether oxygens (including phenoxy) is 2. The predicted octanol–water partition coefficient (Wildman–Crippen LogP) is 10.5. The van der Waals surface area contributed by atoms with Crippen molar-refractivity contribution >= 4 is 11.3 Å². The molecule has 0 heterocycles. The van der Waals surface area contributed by atoms with Crippen molar-refractivity contribution in [3.05, 3.63) is 97.3 Å². The van der Waals surface area contributed by atoms with Crippen LogP contribution < -0.4 is 10.5 Å². The van der Waals surface area contributed by atoms with Crippen LogP contribution in [0.1, 0.15) is 79.2 Å². The SMILES string of the molecule is C/C=C(\CC)c1ccc(Oc2ccc(N)cc2)cc1.C=CC(=C)OC1/C=C\C(F)CCCC1.CC.CC. The van der Waals surface area contributed by atoms with Crippen molar-refractivity contribution in [1.82, 2.24) is 0 Å². The summed E-state index contributed by atoms with van der Waals surface area (Å²) in [6.45, 7) is 19.5. The van der Waals surface area contributed by atoms with Crippen molar-refractivity contribution in [2.45, 2.75) is 85.9 Å². The van der Waals surface area contributed by atoms with Crippen LogP contribution in [0.4, 0.5) is 10.1 Å². The number of hydrogen-bond acceptors (Lipinski definition) is 3. The lowest BCUT2D eigenvalue weighted by atomic mass is 10.0. The second-order valence-electron chi connectivity index (χ2n) is 7.88. The quantitative estimate of drug-likeness (QED) is 0.175. The van der Waals surface area contributed by atoms with E-state index in [0.717, 1.165) is 42.9 Å². The molecule has 1 aliphatic carbocycles. The van der Waals surface area contributed by atoms with Gasteiger partial charge < -0.3 is 15.2 Å². The van der Waals surface area contributed by atoms with Gasteiger partial charge in [0.2, 0.25) is 0 Å². The molecule has 3 rings (SSSR count). The van der Waals surface area contributed by atoms with Gasteiger partial charge in [0.15, 0.2) is 0 Å². The molecule has 204 valence electrons. The van der Waals surface area contributed by atoms with E-state index in [1.54, 1.807) is 18.2 Å². The molecule has 2 unspecified atom stereocenters. The van der Waals surface area contributed by atoms with Crippen molar-refractivity contribution in [3.8, 4) is 11.5 Å². The van der Waals surface area contributed by atoms with Crippen LogP contribution in [-0.4, -0.2) is 12.3 Å². The number of allylic oxidation sites excluding steroid dienone is 4. The third kappa shape index (κ3) is 14.2. The molecule has 3 nitrogen and oxygen atoms in total. The number of hydrogen-bond donors (Lipinski definition) is 1. The van der Waals surface area contributed by atoms with Gasteiger partial charge in [0.05, 0.1) is 0 Å². The molecule has 2 atom stereocenters. The van der Waals surface area contributed by atoms with E-state index in [2.05, 4.69) is 45.2 Å². The van der Waals surface area contributed by atoms with Gasteiger partial charge in [0, 0.05) is 5.69 Å². The summed E-state index contributed by atoms with van der Waals surface area (Å²) in [5.74, 6) is 2.18. The molecule has 0 bridgehead atoms. The van der Waals surface area contributed by atoms with Crippen LogP contribution >= 0.6 is 0 Å². The number of alkyl halides is 1. The van der Waals surface area contributed by atoms with Crippen molar-refractivity contribution in [2.75, 3.05) is 5.73 Å². The van der Waals surface area contributed by atoms with E-state index in [0.29, 0.717) is 12.2 Å². The van der Waals surface area contributed by atoms with Crippen LogP contribution in [0.5, 0.6) is 11.5 Å². The Morgan fingerprint density at radius 3 is 2.00 bits per heavy atom. The van der Waals surface area contributed by atoms with Gasteiger partial charge >= 0.3 is 0 Å². The van der Waals surface area contributed by atoms with Gasteiger partial charge in [0.25, 0.3) is 0 Å². The van der Waals surface area contributed by atoms with Crippen LogP contribution in [0.25, 0.3) is 5.57 Å². The minimum atomic E-state index is -0.821. The van der Waals surface area contributed by atoms with E-state index < -0.39 is 6.17 Å². The number of halogens is 1. The summed E-state index contributed by atoms with van der Waals surface area (Å²) in [7, 11) is 0. The highest BCUT2D eigenvalue weighted by Gasteiger charge is 2.12. The van der Waals surface area contributed by atoms with Crippen LogP contribution in [0.15, 0.2) is 91.8 Å². The lowest BCUT2D eigenvalue weighted by Crippen LogP contribution is -2.12. The standard InChI is InChI=1S/C17H19NO.C12H17FO.2C2H6/c1-3-13(4-2)14-5-9-16(10-6-14)19-17-11-7-15(18)8-12-17;1-3-10(2)14-12-7-5-4-6-11(13)8-9-12;2*1-2/h3,5-12H,4,18H2,1-2H3;3,8-9,11-12H,1-2,4-7H2;2*1-2H3/b13-3+;9-8-;;. The molecular weight excluding hydrogens is 461 g/mol. The number of rotatable bonds is 7. The zero-order chi connectivity index (χ0) is 28.1. The Labute approximate surface area is 225 Å². The molecule has 0 saturated heterocycles. The van der Waals surface area contributed by atoms with Crippen molar-refractivity contribution < 1.29 is 13.9 Å². The number of anilines is 1. The molecule has 0 aromatic heterocycles. The number of nitrogen functional groups attached to an aromatic ring is 1. The molecule has 0 fully saturated rings. The molecule has 2 N–H and O–H groups in total. The minimum Gasteiger partial charge on any atom is -0.487 e. The Morgan fingerprint density at radius 2 is 1.49 bits per heavy atom. The Morgan fingerprint density at radius 1 is 0.946 bits per heavy atom. The topological polar surface area (TPSA) is 44.5 Å². The zero-order valence-electron chi connectivity index (χ0n) is 23.8. The molecule has 0 amide bonds. The Bertz CT molecular complexity index is 930. The van der Waals surface area contributed by atoms with Gasteiger partial charge in [0.1, 0.15) is 29.5 Å². The highest BCUT2D eigenvalue weighted by Crippen LogP contribution is 2.25. The fraction of sp³-hybridized carbons (Fsp3) is 0.394. The molecule has 37 heavy (non-hydrogen) atoms. The normalized spacial score (nSPS) is 17.4.